The van der Waals surface area contributed by atoms with Crippen molar-refractivity contribution in [3.8, 4) is 0 Å². The van der Waals surface area contributed by atoms with Gasteiger partial charge in [-0.1, -0.05) is 116 Å². The van der Waals surface area contributed by atoms with Crippen molar-refractivity contribution >= 4 is 17.7 Å². The maximum absolute atomic E-state index is 11.4. The molecule has 0 bridgehead atoms. The number of carbonyl (C=O) groups excluding carboxylic acids is 2. The van der Waals surface area contributed by atoms with E-state index in [0.717, 1.165) is 64.2 Å². The zero-order valence-corrected chi connectivity index (χ0v) is 23.7. The molecule has 0 spiro atoms. The largest absolute Gasteiger partial charge is 0.481 e. The molecule has 0 unspecified atom stereocenters. The Balaban J connectivity index is 0.000000696. The Hall–Kier alpha value is -1.39. The molecule has 0 aromatic heterocycles. The van der Waals surface area contributed by atoms with Gasteiger partial charge < -0.3 is 9.84 Å². The maximum atomic E-state index is 11.4. The number of ketones is 1. The van der Waals surface area contributed by atoms with E-state index in [9.17, 15) is 14.4 Å². The standard InChI is InChI=1S/C18H36O2.C13H22O3/c1-2-3-4-5-6-7-8-9-10-11-12-13-14-15-16-17-18(19)20;14-12-8-4-2-1-3-5-10-13(15)16-11-7-6-9-12/h2-17H2,1H3,(H,19,20);1-11H2. The van der Waals surface area contributed by atoms with Crippen molar-refractivity contribution < 1.29 is 24.2 Å². The molecule has 1 N–H and O–H groups in total. The first kappa shape index (κ1) is 34.6. The van der Waals surface area contributed by atoms with Gasteiger partial charge in [0.2, 0.25) is 0 Å². The van der Waals surface area contributed by atoms with E-state index in [4.69, 9.17) is 9.84 Å². The normalized spacial score (nSPS) is 15.9. The van der Waals surface area contributed by atoms with Crippen LogP contribution in [0.15, 0.2) is 0 Å². The van der Waals surface area contributed by atoms with E-state index in [1.54, 1.807) is 0 Å². The summed E-state index contributed by atoms with van der Waals surface area (Å²) < 4.78 is 5.07. The van der Waals surface area contributed by atoms with Crippen LogP contribution in [0.1, 0.15) is 174 Å². The predicted octanol–water partition coefficient (Wildman–Crippen LogP) is 9.35. The first-order valence-corrected chi connectivity index (χ1v) is 15.5. The van der Waals surface area contributed by atoms with Crippen LogP contribution >= 0.6 is 0 Å². The summed E-state index contributed by atoms with van der Waals surface area (Å²) in [6.45, 7) is 2.75. The van der Waals surface area contributed by atoms with Crippen molar-refractivity contribution in [1.82, 2.24) is 0 Å². The van der Waals surface area contributed by atoms with Crippen molar-refractivity contribution in [3.63, 3.8) is 0 Å². The van der Waals surface area contributed by atoms with Gasteiger partial charge in [0.15, 0.2) is 0 Å². The molecular weight excluding hydrogens is 452 g/mol. The monoisotopic (exact) mass is 510 g/mol. The van der Waals surface area contributed by atoms with Gasteiger partial charge in [0.1, 0.15) is 5.78 Å². The van der Waals surface area contributed by atoms with Gasteiger partial charge in [0.25, 0.3) is 0 Å². The summed E-state index contributed by atoms with van der Waals surface area (Å²) in [7, 11) is 0. The van der Waals surface area contributed by atoms with Crippen LogP contribution in [0.2, 0.25) is 0 Å². The summed E-state index contributed by atoms with van der Waals surface area (Å²) >= 11 is 0. The van der Waals surface area contributed by atoms with E-state index in [2.05, 4.69) is 6.92 Å². The number of cyclic esters (lactones) is 1. The van der Waals surface area contributed by atoms with Crippen LogP contribution in [-0.4, -0.2) is 29.4 Å². The van der Waals surface area contributed by atoms with Crippen LogP contribution in [0.3, 0.4) is 0 Å². The second-order valence-electron chi connectivity index (χ2n) is 10.6. The molecule has 1 aliphatic rings. The highest BCUT2D eigenvalue weighted by molar-refractivity contribution is 5.78. The molecule has 1 aliphatic heterocycles. The summed E-state index contributed by atoms with van der Waals surface area (Å²) in [6.07, 6.45) is 29.1. The quantitative estimate of drug-likeness (QED) is 0.165. The number of ether oxygens (including phenoxy) is 1. The topological polar surface area (TPSA) is 80.7 Å². The zero-order valence-electron chi connectivity index (χ0n) is 23.7. The lowest BCUT2D eigenvalue weighted by molar-refractivity contribution is -0.144. The maximum Gasteiger partial charge on any atom is 0.305 e. The molecule has 1 heterocycles. The minimum absolute atomic E-state index is 0.0802. The number of rotatable bonds is 16. The lowest BCUT2D eigenvalue weighted by Crippen LogP contribution is -2.07. The SMILES string of the molecule is CCCCCCCCCCCCCCCCCC(=O)O.O=C1CCCCCCCC(=O)OCCCC1. The third-order valence-electron chi connectivity index (χ3n) is 6.94. The van der Waals surface area contributed by atoms with Crippen molar-refractivity contribution in [2.24, 2.45) is 0 Å². The van der Waals surface area contributed by atoms with Crippen molar-refractivity contribution in [1.29, 1.82) is 0 Å². The number of aliphatic carboxylic acids is 1. The van der Waals surface area contributed by atoms with Gasteiger partial charge in [-0.15, -0.1) is 0 Å². The molecule has 0 atom stereocenters. The molecule has 1 rings (SSSR count). The van der Waals surface area contributed by atoms with Crippen LogP contribution in [0.5, 0.6) is 0 Å². The van der Waals surface area contributed by atoms with Gasteiger partial charge in [-0.05, 0) is 32.1 Å². The lowest BCUT2D eigenvalue weighted by atomic mass is 10.0. The summed E-state index contributed by atoms with van der Waals surface area (Å²) in [5.74, 6) is -0.369. The minimum atomic E-state index is -0.653. The average molecular weight is 511 g/mol. The molecule has 0 aromatic carbocycles. The van der Waals surface area contributed by atoms with Gasteiger partial charge in [-0.25, -0.2) is 0 Å². The Morgan fingerprint density at radius 2 is 1.03 bits per heavy atom. The highest BCUT2D eigenvalue weighted by Gasteiger charge is 2.06. The first-order chi connectivity index (χ1) is 17.6. The van der Waals surface area contributed by atoms with E-state index in [0.29, 0.717) is 31.7 Å². The summed E-state index contributed by atoms with van der Waals surface area (Å²) in [5, 5.41) is 8.52. The fraction of sp³-hybridized carbons (Fsp3) is 0.903. The van der Waals surface area contributed by atoms with Crippen LogP contribution in [0.4, 0.5) is 0 Å². The number of unbranched alkanes of at least 4 members (excludes halogenated alkanes) is 14. The predicted molar refractivity (Wildman–Crippen MR) is 149 cm³/mol. The Morgan fingerprint density at radius 1 is 0.611 bits per heavy atom. The van der Waals surface area contributed by atoms with Gasteiger partial charge >= 0.3 is 11.9 Å². The van der Waals surface area contributed by atoms with Crippen LogP contribution in [0.25, 0.3) is 0 Å². The molecule has 1 saturated heterocycles. The number of Topliss-reactive ketones (excluding diaryl/α,β-unsaturated/α-hetero) is 1. The highest BCUT2D eigenvalue weighted by Crippen LogP contribution is 2.14. The van der Waals surface area contributed by atoms with Gasteiger partial charge in [0, 0.05) is 25.7 Å². The van der Waals surface area contributed by atoms with E-state index in [1.165, 1.54) is 83.5 Å². The van der Waals surface area contributed by atoms with Gasteiger partial charge in [0.05, 0.1) is 6.61 Å². The average Bonchev–Trinajstić information content (AvgIpc) is 2.85. The molecule has 0 amide bonds. The summed E-state index contributed by atoms with van der Waals surface area (Å²) in [5.41, 5.74) is 0. The zero-order chi connectivity index (χ0) is 26.5. The number of carboxylic acids is 1. The molecule has 0 saturated carbocycles. The molecule has 36 heavy (non-hydrogen) atoms. The van der Waals surface area contributed by atoms with Crippen molar-refractivity contribution in [2.45, 2.75) is 174 Å². The number of hydrogen-bond acceptors (Lipinski definition) is 4. The van der Waals surface area contributed by atoms with Crippen LogP contribution in [-0.2, 0) is 19.1 Å². The van der Waals surface area contributed by atoms with E-state index >= 15 is 0 Å². The third-order valence-corrected chi connectivity index (χ3v) is 6.94. The molecule has 0 aromatic rings. The van der Waals surface area contributed by atoms with E-state index in [-0.39, 0.29) is 5.97 Å². The highest BCUT2D eigenvalue weighted by atomic mass is 16.5. The second-order valence-corrected chi connectivity index (χ2v) is 10.6. The molecule has 0 aliphatic carbocycles. The molecule has 1 fully saturated rings. The smallest absolute Gasteiger partial charge is 0.305 e. The molecule has 5 nitrogen and oxygen atoms in total. The van der Waals surface area contributed by atoms with Crippen molar-refractivity contribution in [3.05, 3.63) is 0 Å². The number of esters is 1. The number of carbonyl (C=O) groups is 3. The second kappa shape index (κ2) is 28.2. The van der Waals surface area contributed by atoms with Gasteiger partial charge in [-0.2, -0.15) is 0 Å². The lowest BCUT2D eigenvalue weighted by Gasteiger charge is -2.06. The van der Waals surface area contributed by atoms with Gasteiger partial charge in [-0.3, -0.25) is 14.4 Å². The molecular formula is C31H58O5. The van der Waals surface area contributed by atoms with Crippen LogP contribution in [0, 0.1) is 0 Å². The minimum Gasteiger partial charge on any atom is -0.481 e. The van der Waals surface area contributed by atoms with E-state index < -0.39 is 5.97 Å². The number of hydrogen-bond donors (Lipinski definition) is 1. The first-order valence-electron chi connectivity index (χ1n) is 15.5. The Morgan fingerprint density at radius 3 is 1.53 bits per heavy atom. The fourth-order valence-corrected chi connectivity index (χ4v) is 4.58. The summed E-state index contributed by atoms with van der Waals surface area (Å²) in [4.78, 5) is 33.0. The fourth-order valence-electron chi connectivity index (χ4n) is 4.58. The van der Waals surface area contributed by atoms with Crippen molar-refractivity contribution in [2.75, 3.05) is 6.61 Å². The third kappa shape index (κ3) is 28.8. The molecule has 0 radical (unpaired) electrons. The van der Waals surface area contributed by atoms with E-state index in [1.807, 2.05) is 0 Å². The Labute approximate surface area is 222 Å². The van der Waals surface area contributed by atoms with Crippen LogP contribution < -0.4 is 0 Å². The molecule has 5 heteroatoms. The Kier molecular flexibility index (Phi) is 27.1. The number of carboxylic acid groups (broad SMARTS) is 1. The molecule has 212 valence electrons. The Bertz CT molecular complexity index is 495. The summed E-state index contributed by atoms with van der Waals surface area (Å²) in [6, 6.07) is 0.